The molecule has 0 unspecified atom stereocenters. The Morgan fingerprint density at radius 2 is 2.21 bits per heavy atom. The quantitative estimate of drug-likeness (QED) is 0.737. The highest BCUT2D eigenvalue weighted by Gasteiger charge is 2.07. The van der Waals surface area contributed by atoms with Crippen LogP contribution in [0, 0.1) is 0 Å². The third-order valence-electron chi connectivity index (χ3n) is 2.96. The van der Waals surface area contributed by atoms with E-state index >= 15 is 0 Å². The molecule has 0 saturated carbocycles. The number of nitrogens with zero attached hydrogens (tertiary/aromatic N) is 2. The van der Waals surface area contributed by atoms with E-state index in [9.17, 15) is 0 Å². The topological polar surface area (TPSA) is 40.2 Å². The molecule has 0 fully saturated rings. The average Bonchev–Trinajstić information content (AvgIpc) is 2.98. The number of benzene rings is 1. The van der Waals surface area contributed by atoms with Gasteiger partial charge >= 0.3 is 0 Å². The highest BCUT2D eigenvalue weighted by molar-refractivity contribution is 9.10. The first-order valence-electron chi connectivity index (χ1n) is 5.94. The van der Waals surface area contributed by atoms with Gasteiger partial charge in [-0.2, -0.15) is 0 Å². The summed E-state index contributed by atoms with van der Waals surface area (Å²) < 4.78 is 13.4. The number of fused-ring (bicyclic) bond motifs is 1. The molecule has 2 heterocycles. The molecular formula is C14H13BrN2O2. The summed E-state index contributed by atoms with van der Waals surface area (Å²) in [4.78, 5) is 0. The fraction of sp³-hybridized carbons (Fsp3) is 0.214. The normalized spacial score (nSPS) is 11.3. The zero-order valence-corrected chi connectivity index (χ0v) is 12.1. The first-order valence-corrected chi connectivity index (χ1v) is 6.73. The number of hydrogen-bond acceptors (Lipinski definition) is 3. The summed E-state index contributed by atoms with van der Waals surface area (Å²) in [5.41, 5.74) is 2.08. The van der Waals surface area contributed by atoms with Crippen LogP contribution in [0.25, 0.3) is 10.9 Å². The molecule has 0 radical (unpaired) electrons. The molecule has 98 valence electrons. The SMILES string of the molecule is COCc1cc(Cn2ccc3cc(Br)ccc32)no1. The zero-order valence-electron chi connectivity index (χ0n) is 10.5. The van der Waals surface area contributed by atoms with Crippen molar-refractivity contribution in [1.82, 2.24) is 9.72 Å². The van der Waals surface area contributed by atoms with Gasteiger partial charge in [0.25, 0.3) is 0 Å². The van der Waals surface area contributed by atoms with Crippen molar-refractivity contribution in [2.75, 3.05) is 7.11 Å². The number of halogens is 1. The monoisotopic (exact) mass is 320 g/mol. The predicted octanol–water partition coefficient (Wildman–Crippen LogP) is 3.59. The minimum absolute atomic E-state index is 0.451. The van der Waals surface area contributed by atoms with E-state index in [4.69, 9.17) is 9.26 Å². The van der Waals surface area contributed by atoms with Crippen LogP contribution in [0.3, 0.4) is 0 Å². The standard InChI is InChI=1S/C14H13BrN2O2/c1-18-9-13-7-12(16-19-13)8-17-5-4-10-6-11(15)2-3-14(10)17/h2-7H,8-9H2,1H3. The van der Waals surface area contributed by atoms with Gasteiger partial charge in [0.15, 0.2) is 5.76 Å². The molecule has 4 nitrogen and oxygen atoms in total. The molecule has 0 spiro atoms. The smallest absolute Gasteiger partial charge is 0.162 e. The third-order valence-corrected chi connectivity index (χ3v) is 3.45. The first kappa shape index (κ1) is 12.4. The number of hydrogen-bond donors (Lipinski definition) is 0. The van der Waals surface area contributed by atoms with E-state index in [0.29, 0.717) is 13.2 Å². The molecule has 3 rings (SSSR count). The van der Waals surface area contributed by atoms with Crippen molar-refractivity contribution in [2.24, 2.45) is 0 Å². The van der Waals surface area contributed by atoms with Crippen LogP contribution >= 0.6 is 15.9 Å². The summed E-state index contributed by atoms with van der Waals surface area (Å²) in [7, 11) is 1.64. The van der Waals surface area contributed by atoms with E-state index in [-0.39, 0.29) is 0 Å². The number of ether oxygens (including phenoxy) is 1. The number of methoxy groups -OCH3 is 1. The molecule has 19 heavy (non-hydrogen) atoms. The molecule has 0 aliphatic carbocycles. The second-order valence-corrected chi connectivity index (χ2v) is 5.28. The lowest BCUT2D eigenvalue weighted by Crippen LogP contribution is -1.97. The van der Waals surface area contributed by atoms with E-state index in [2.05, 4.69) is 50.0 Å². The summed E-state index contributed by atoms with van der Waals surface area (Å²) in [5, 5.41) is 5.25. The fourth-order valence-corrected chi connectivity index (χ4v) is 2.50. The Labute approximate surface area is 119 Å². The second kappa shape index (κ2) is 5.19. The molecule has 3 aromatic rings. The van der Waals surface area contributed by atoms with Gasteiger partial charge in [-0.05, 0) is 24.3 Å². The van der Waals surface area contributed by atoms with E-state index in [1.807, 2.05) is 12.1 Å². The summed E-state index contributed by atoms with van der Waals surface area (Å²) in [6, 6.07) is 10.3. The van der Waals surface area contributed by atoms with Crippen LogP contribution in [0.5, 0.6) is 0 Å². The van der Waals surface area contributed by atoms with E-state index in [1.165, 1.54) is 10.9 Å². The van der Waals surface area contributed by atoms with Crippen LogP contribution in [0.15, 0.2) is 45.5 Å². The minimum atomic E-state index is 0.451. The Morgan fingerprint density at radius 1 is 1.32 bits per heavy atom. The predicted molar refractivity (Wildman–Crippen MR) is 76.0 cm³/mol. The first-order chi connectivity index (χ1) is 9.26. The molecular weight excluding hydrogens is 308 g/mol. The Bertz CT molecular complexity index is 702. The van der Waals surface area contributed by atoms with Gasteiger partial charge in [-0.3, -0.25) is 0 Å². The molecule has 0 N–H and O–H groups in total. The van der Waals surface area contributed by atoms with Gasteiger partial charge in [0.1, 0.15) is 12.3 Å². The second-order valence-electron chi connectivity index (χ2n) is 4.36. The molecule has 0 amide bonds. The highest BCUT2D eigenvalue weighted by atomic mass is 79.9. The minimum Gasteiger partial charge on any atom is -0.377 e. The van der Waals surface area contributed by atoms with Crippen molar-refractivity contribution in [3.8, 4) is 0 Å². The average molecular weight is 321 g/mol. The molecule has 1 aromatic carbocycles. The summed E-state index contributed by atoms with van der Waals surface area (Å²) in [6.45, 7) is 1.14. The van der Waals surface area contributed by atoms with Gasteiger partial charge in [0.2, 0.25) is 0 Å². The Morgan fingerprint density at radius 3 is 3.05 bits per heavy atom. The van der Waals surface area contributed by atoms with Crippen molar-refractivity contribution >= 4 is 26.8 Å². The lowest BCUT2D eigenvalue weighted by Gasteiger charge is -2.02. The Kier molecular flexibility index (Phi) is 3.40. The van der Waals surface area contributed by atoms with E-state index < -0.39 is 0 Å². The number of rotatable bonds is 4. The van der Waals surface area contributed by atoms with Crippen LogP contribution in [-0.4, -0.2) is 16.8 Å². The molecule has 5 heteroatoms. The van der Waals surface area contributed by atoms with Crippen molar-refractivity contribution in [3.63, 3.8) is 0 Å². The van der Waals surface area contributed by atoms with Crippen molar-refractivity contribution < 1.29 is 9.26 Å². The van der Waals surface area contributed by atoms with Crippen molar-refractivity contribution in [3.05, 3.63) is 52.5 Å². The van der Waals surface area contributed by atoms with Gasteiger partial charge in [-0.1, -0.05) is 21.1 Å². The highest BCUT2D eigenvalue weighted by Crippen LogP contribution is 2.21. The lowest BCUT2D eigenvalue weighted by atomic mass is 10.2. The summed E-state index contributed by atoms with van der Waals surface area (Å²) >= 11 is 3.48. The molecule has 0 bridgehead atoms. The molecule has 0 aliphatic rings. The Balaban J connectivity index is 1.88. The van der Waals surface area contributed by atoms with Gasteiger partial charge in [-0.25, -0.2) is 0 Å². The maximum absolute atomic E-state index is 5.19. The Hall–Kier alpha value is -1.59. The van der Waals surface area contributed by atoms with Crippen LogP contribution in [0.1, 0.15) is 11.5 Å². The zero-order chi connectivity index (χ0) is 13.2. The summed E-state index contributed by atoms with van der Waals surface area (Å²) in [5.74, 6) is 0.747. The largest absolute Gasteiger partial charge is 0.377 e. The van der Waals surface area contributed by atoms with E-state index in [1.54, 1.807) is 7.11 Å². The molecule has 0 aliphatic heterocycles. The molecule has 2 aromatic heterocycles. The van der Waals surface area contributed by atoms with E-state index in [0.717, 1.165) is 15.9 Å². The number of aromatic nitrogens is 2. The van der Waals surface area contributed by atoms with Crippen molar-refractivity contribution in [2.45, 2.75) is 13.2 Å². The third kappa shape index (κ3) is 2.57. The lowest BCUT2D eigenvalue weighted by molar-refractivity contribution is 0.155. The molecule has 0 saturated heterocycles. The fourth-order valence-electron chi connectivity index (χ4n) is 2.12. The van der Waals surface area contributed by atoms with Crippen LogP contribution in [0.2, 0.25) is 0 Å². The van der Waals surface area contributed by atoms with Gasteiger partial charge in [0.05, 0.1) is 6.54 Å². The van der Waals surface area contributed by atoms with Gasteiger partial charge < -0.3 is 13.8 Å². The van der Waals surface area contributed by atoms with Gasteiger partial charge in [0, 0.05) is 34.7 Å². The maximum Gasteiger partial charge on any atom is 0.162 e. The summed E-state index contributed by atoms with van der Waals surface area (Å²) in [6.07, 6.45) is 2.06. The van der Waals surface area contributed by atoms with Crippen LogP contribution in [-0.2, 0) is 17.9 Å². The maximum atomic E-state index is 5.19. The molecule has 0 atom stereocenters. The van der Waals surface area contributed by atoms with Crippen molar-refractivity contribution in [1.29, 1.82) is 0 Å². The van der Waals surface area contributed by atoms with Crippen LogP contribution in [0.4, 0.5) is 0 Å². The van der Waals surface area contributed by atoms with Crippen LogP contribution < -0.4 is 0 Å². The van der Waals surface area contributed by atoms with Gasteiger partial charge in [-0.15, -0.1) is 0 Å².